The Morgan fingerprint density at radius 3 is 2.41 bits per heavy atom. The molecule has 1 saturated heterocycles. The second-order valence-corrected chi connectivity index (χ2v) is 11.3. The van der Waals surface area contributed by atoms with Gasteiger partial charge in [-0.1, -0.05) is 42.5 Å². The third-order valence-electron chi connectivity index (χ3n) is 7.31. The normalized spacial score (nSPS) is 16.1. The Bertz CT molecular complexity index is 1590. The lowest BCUT2D eigenvalue weighted by Gasteiger charge is -2.32. The second-order valence-electron chi connectivity index (χ2n) is 9.70. The van der Waals surface area contributed by atoms with Gasteiger partial charge in [0.15, 0.2) is 0 Å². The molecule has 3 N–H and O–H groups in total. The molecule has 0 spiro atoms. The zero-order chi connectivity index (χ0) is 25.6. The van der Waals surface area contributed by atoms with Crippen molar-refractivity contribution in [1.82, 2.24) is 19.9 Å². The minimum absolute atomic E-state index is 0.110. The predicted molar refractivity (Wildman–Crippen MR) is 144 cm³/mol. The van der Waals surface area contributed by atoms with E-state index in [-0.39, 0.29) is 4.90 Å². The highest BCUT2D eigenvalue weighted by Gasteiger charge is 2.28. The van der Waals surface area contributed by atoms with E-state index >= 15 is 0 Å². The zero-order valence-corrected chi connectivity index (χ0v) is 21.4. The van der Waals surface area contributed by atoms with E-state index in [0.717, 1.165) is 76.9 Å². The molecule has 37 heavy (non-hydrogen) atoms. The highest BCUT2D eigenvalue weighted by molar-refractivity contribution is 7.89. The minimum Gasteiger partial charge on any atom is -0.356 e. The number of fused-ring (bicyclic) bond motifs is 1. The number of benzene rings is 2. The first kappa shape index (κ1) is 23.6. The fourth-order valence-corrected chi connectivity index (χ4v) is 5.85. The number of anilines is 1. The third kappa shape index (κ3) is 4.56. The van der Waals surface area contributed by atoms with Crippen LogP contribution in [-0.4, -0.2) is 41.4 Å². The summed E-state index contributed by atoms with van der Waals surface area (Å²) in [4.78, 5) is 20.1. The average molecular weight is 513 g/mol. The maximum absolute atomic E-state index is 11.6. The van der Waals surface area contributed by atoms with Gasteiger partial charge in [0, 0.05) is 42.2 Å². The Morgan fingerprint density at radius 1 is 0.973 bits per heavy atom. The van der Waals surface area contributed by atoms with Crippen molar-refractivity contribution in [3.63, 3.8) is 0 Å². The summed E-state index contributed by atoms with van der Waals surface area (Å²) < 4.78 is 23.2. The topological polar surface area (TPSA) is 118 Å². The van der Waals surface area contributed by atoms with E-state index in [4.69, 9.17) is 10.1 Å². The molecule has 0 atom stereocenters. The number of sulfonamides is 1. The molecule has 1 aliphatic heterocycles. The molecule has 0 unspecified atom stereocenters. The SMILES string of the molecule is Cc1[nH]c(C2CCN(c3ncnc4c3C=C(c3ccc(S(N)(=O)=O)cc3)C4)CC2)nc1-c1ccccc1. The standard InChI is InChI=1S/C28H28N6O2S/c1-18-26(20-5-3-2-4-6-20)33-27(32-18)21-11-13-34(14-12-21)28-24-15-22(16-25(24)30-17-31-28)19-7-9-23(10-8-19)37(29,35)36/h2-10,15,17,21H,11-14,16H2,1H3,(H,32,33)(H2,29,35,36). The molecule has 9 heteroatoms. The van der Waals surface area contributed by atoms with E-state index in [0.29, 0.717) is 12.3 Å². The molecule has 1 fully saturated rings. The molecule has 2 aromatic carbocycles. The molecule has 8 nitrogen and oxygen atoms in total. The monoisotopic (exact) mass is 512 g/mol. The van der Waals surface area contributed by atoms with Crippen molar-refractivity contribution in [2.45, 2.75) is 37.0 Å². The fourth-order valence-electron chi connectivity index (χ4n) is 5.33. The Kier molecular flexibility index (Phi) is 5.89. The van der Waals surface area contributed by atoms with Gasteiger partial charge in [0.05, 0.1) is 16.3 Å². The quantitative estimate of drug-likeness (QED) is 0.412. The number of H-pyrrole nitrogens is 1. The first-order valence-electron chi connectivity index (χ1n) is 12.4. The first-order chi connectivity index (χ1) is 17.9. The highest BCUT2D eigenvalue weighted by atomic mass is 32.2. The first-order valence-corrected chi connectivity index (χ1v) is 14.0. The molecule has 0 radical (unpaired) electrons. The molecule has 6 rings (SSSR count). The lowest BCUT2D eigenvalue weighted by Crippen LogP contribution is -2.34. The van der Waals surface area contributed by atoms with Crippen molar-refractivity contribution in [3.05, 3.63) is 89.3 Å². The van der Waals surface area contributed by atoms with Crippen LogP contribution in [0.15, 0.2) is 65.8 Å². The Hall–Kier alpha value is -3.82. The van der Waals surface area contributed by atoms with Crippen LogP contribution in [0, 0.1) is 6.92 Å². The summed E-state index contributed by atoms with van der Waals surface area (Å²) in [5.74, 6) is 2.40. The average Bonchev–Trinajstić information content (AvgIpc) is 3.53. The lowest BCUT2D eigenvalue weighted by molar-refractivity contribution is 0.486. The Balaban J connectivity index is 1.19. The van der Waals surface area contributed by atoms with Gasteiger partial charge in [-0.15, -0.1) is 0 Å². The van der Waals surface area contributed by atoms with Gasteiger partial charge in [-0.05, 0) is 49.1 Å². The van der Waals surface area contributed by atoms with Gasteiger partial charge in [0.2, 0.25) is 10.0 Å². The zero-order valence-electron chi connectivity index (χ0n) is 20.6. The summed E-state index contributed by atoms with van der Waals surface area (Å²) >= 11 is 0. The van der Waals surface area contributed by atoms with Gasteiger partial charge < -0.3 is 9.88 Å². The van der Waals surface area contributed by atoms with Gasteiger partial charge in [-0.2, -0.15) is 0 Å². The predicted octanol–water partition coefficient (Wildman–Crippen LogP) is 4.30. The van der Waals surface area contributed by atoms with Crippen LogP contribution in [-0.2, 0) is 16.4 Å². The van der Waals surface area contributed by atoms with Crippen molar-refractivity contribution in [2.75, 3.05) is 18.0 Å². The van der Waals surface area contributed by atoms with Crippen LogP contribution in [0.5, 0.6) is 0 Å². The molecular formula is C28H28N6O2S. The fraction of sp³-hybridized carbons (Fsp3) is 0.250. The van der Waals surface area contributed by atoms with Crippen molar-refractivity contribution in [1.29, 1.82) is 0 Å². The number of primary sulfonamides is 1. The molecule has 0 amide bonds. The maximum atomic E-state index is 11.6. The summed E-state index contributed by atoms with van der Waals surface area (Å²) in [6, 6.07) is 17.0. The van der Waals surface area contributed by atoms with Crippen molar-refractivity contribution >= 4 is 27.5 Å². The molecule has 3 heterocycles. The minimum atomic E-state index is -3.71. The maximum Gasteiger partial charge on any atom is 0.238 e. The van der Waals surface area contributed by atoms with Crippen molar-refractivity contribution in [2.24, 2.45) is 5.14 Å². The second kappa shape index (κ2) is 9.24. The van der Waals surface area contributed by atoms with E-state index < -0.39 is 10.0 Å². The number of hydrogen-bond donors (Lipinski definition) is 2. The number of allylic oxidation sites excluding steroid dienone is 1. The molecule has 0 saturated carbocycles. The smallest absolute Gasteiger partial charge is 0.238 e. The number of nitrogens with two attached hydrogens (primary N) is 1. The van der Waals surface area contributed by atoms with Gasteiger partial charge in [-0.25, -0.2) is 28.5 Å². The van der Waals surface area contributed by atoms with Gasteiger partial charge in [-0.3, -0.25) is 0 Å². The Morgan fingerprint density at radius 2 is 1.70 bits per heavy atom. The molecular weight excluding hydrogens is 484 g/mol. The Labute approximate surface area is 216 Å². The molecule has 4 aromatic rings. The highest BCUT2D eigenvalue weighted by Crippen LogP contribution is 2.37. The largest absolute Gasteiger partial charge is 0.356 e. The van der Waals surface area contributed by atoms with Crippen LogP contribution in [0.2, 0.25) is 0 Å². The van der Waals surface area contributed by atoms with Crippen LogP contribution in [0.25, 0.3) is 22.9 Å². The number of aromatic nitrogens is 4. The number of rotatable bonds is 5. The summed E-state index contributed by atoms with van der Waals surface area (Å²) in [5, 5.41) is 5.24. The van der Waals surface area contributed by atoms with Crippen LogP contribution in [0.3, 0.4) is 0 Å². The molecule has 0 bridgehead atoms. The lowest BCUT2D eigenvalue weighted by atomic mass is 9.96. The van der Waals surface area contributed by atoms with E-state index in [1.54, 1.807) is 30.6 Å². The number of hydrogen-bond acceptors (Lipinski definition) is 6. The van der Waals surface area contributed by atoms with E-state index in [1.165, 1.54) is 0 Å². The van der Waals surface area contributed by atoms with Gasteiger partial charge in [0.1, 0.15) is 18.0 Å². The van der Waals surface area contributed by atoms with Crippen LogP contribution < -0.4 is 10.0 Å². The van der Waals surface area contributed by atoms with Crippen LogP contribution in [0.1, 0.15) is 47.1 Å². The van der Waals surface area contributed by atoms with Gasteiger partial charge >= 0.3 is 0 Å². The number of aromatic amines is 1. The summed E-state index contributed by atoms with van der Waals surface area (Å²) in [6.45, 7) is 3.87. The van der Waals surface area contributed by atoms with E-state index in [2.05, 4.69) is 45.0 Å². The van der Waals surface area contributed by atoms with Crippen molar-refractivity contribution < 1.29 is 8.42 Å². The number of piperidine rings is 1. The van der Waals surface area contributed by atoms with Crippen LogP contribution in [0.4, 0.5) is 5.82 Å². The van der Waals surface area contributed by atoms with Crippen LogP contribution >= 0.6 is 0 Å². The number of aryl methyl sites for hydroxylation is 1. The van der Waals surface area contributed by atoms with E-state index in [9.17, 15) is 8.42 Å². The number of imidazole rings is 1. The molecule has 188 valence electrons. The number of nitrogens with zero attached hydrogens (tertiary/aromatic N) is 4. The third-order valence-corrected chi connectivity index (χ3v) is 8.24. The molecule has 2 aliphatic rings. The summed E-state index contributed by atoms with van der Waals surface area (Å²) in [6.07, 6.45) is 6.44. The molecule has 1 aliphatic carbocycles. The summed E-state index contributed by atoms with van der Waals surface area (Å²) in [5.41, 5.74) is 7.36. The van der Waals surface area contributed by atoms with Crippen molar-refractivity contribution in [3.8, 4) is 11.3 Å². The molecule has 2 aromatic heterocycles. The number of nitrogens with one attached hydrogen (secondary N) is 1. The van der Waals surface area contributed by atoms with E-state index in [1.807, 2.05) is 18.2 Å². The van der Waals surface area contributed by atoms with Gasteiger partial charge in [0.25, 0.3) is 0 Å². The summed E-state index contributed by atoms with van der Waals surface area (Å²) in [7, 11) is -3.71.